The Kier molecular flexibility index (Phi) is 3.92. The second kappa shape index (κ2) is 4.90. The number of carbonyl (C=O) groups is 1. The van der Waals surface area contributed by atoms with Gasteiger partial charge in [-0.2, -0.15) is 4.68 Å². The van der Waals surface area contributed by atoms with E-state index in [0.29, 0.717) is 0 Å². The largest absolute Gasteiger partial charge is 0.410 e. The smallest absolute Gasteiger partial charge is 0.358 e. The number of nitro groups is 1. The summed E-state index contributed by atoms with van der Waals surface area (Å²) in [6, 6.07) is 0. The minimum absolute atomic E-state index is 0.319. The lowest BCUT2D eigenvalue weighted by Crippen LogP contribution is -2.26. The quantitative estimate of drug-likeness (QED) is 0.432. The number of likely N-dealkylation sites (N-methyl/N-ethyl adjacent to an activating group) is 1. The van der Waals surface area contributed by atoms with Crippen molar-refractivity contribution in [3.8, 4) is 0 Å². The molecule has 0 saturated heterocycles. The van der Waals surface area contributed by atoms with Gasteiger partial charge >= 0.3 is 5.82 Å². The zero-order valence-electron chi connectivity index (χ0n) is 9.40. The summed E-state index contributed by atoms with van der Waals surface area (Å²) in [4.78, 5) is 21.5. The molecule has 1 amide bonds. The third-order valence-electron chi connectivity index (χ3n) is 1.94. The number of rotatable bonds is 4. The maximum atomic E-state index is 11.4. The van der Waals surface area contributed by atoms with Crippen molar-refractivity contribution in [2.45, 2.75) is 11.4 Å². The Labute approximate surface area is 107 Å². The van der Waals surface area contributed by atoms with Crippen molar-refractivity contribution in [2.24, 2.45) is 0 Å². The van der Waals surface area contributed by atoms with Crippen molar-refractivity contribution in [1.29, 1.82) is 0 Å². The first-order valence-corrected chi connectivity index (χ1v) is 6.80. The van der Waals surface area contributed by atoms with Crippen LogP contribution in [-0.2, 0) is 20.4 Å². The van der Waals surface area contributed by atoms with E-state index < -0.39 is 30.6 Å². The molecule has 0 unspecified atom stereocenters. The molecule has 0 bridgehead atoms. The second-order valence-electron chi connectivity index (χ2n) is 3.50. The molecule has 0 spiro atoms. The van der Waals surface area contributed by atoms with E-state index in [-0.39, 0.29) is 6.54 Å². The molecule has 100 valence electrons. The van der Waals surface area contributed by atoms with Gasteiger partial charge in [0, 0.05) is 24.8 Å². The molecule has 0 radical (unpaired) electrons. The van der Waals surface area contributed by atoms with E-state index in [1.165, 1.54) is 19.0 Å². The first-order chi connectivity index (χ1) is 8.12. The highest BCUT2D eigenvalue weighted by Crippen LogP contribution is 2.24. The molecule has 9 nitrogen and oxygen atoms in total. The van der Waals surface area contributed by atoms with E-state index in [1.807, 2.05) is 0 Å². The minimum Gasteiger partial charge on any atom is -0.358 e. The lowest BCUT2D eigenvalue weighted by atomic mass is 10.5. The molecule has 1 aromatic rings. The van der Waals surface area contributed by atoms with Crippen LogP contribution in [0.25, 0.3) is 0 Å². The van der Waals surface area contributed by atoms with Gasteiger partial charge in [0.25, 0.3) is 9.05 Å². The number of carbonyl (C=O) groups excluding carboxylic acids is 1. The van der Waals surface area contributed by atoms with Gasteiger partial charge in [0.15, 0.2) is 0 Å². The molecule has 0 fully saturated rings. The molecule has 0 N–H and O–H groups in total. The lowest BCUT2D eigenvalue weighted by Gasteiger charge is -2.07. The summed E-state index contributed by atoms with van der Waals surface area (Å²) in [7, 11) is 3.72. The Hall–Kier alpha value is -1.68. The van der Waals surface area contributed by atoms with Gasteiger partial charge in [-0.3, -0.25) is 4.79 Å². The third-order valence-corrected chi connectivity index (χ3v) is 3.25. The van der Waals surface area contributed by atoms with Gasteiger partial charge in [0.1, 0.15) is 6.54 Å². The SMILES string of the molecule is CN(C)C(=O)Cn1cc(S(=O)(=O)Cl)c([N+](=O)[O-])n1. The summed E-state index contributed by atoms with van der Waals surface area (Å²) in [6.07, 6.45) is 0.849. The summed E-state index contributed by atoms with van der Waals surface area (Å²) in [6.45, 7) is -0.319. The Morgan fingerprint density at radius 3 is 2.50 bits per heavy atom. The standard InChI is InChI=1S/C7H9ClN4O5S/c1-10(2)6(13)4-11-3-5(18(8,16)17)7(9-11)12(14)15/h3H,4H2,1-2H3. The van der Waals surface area contributed by atoms with Gasteiger partial charge < -0.3 is 15.0 Å². The van der Waals surface area contributed by atoms with E-state index in [1.54, 1.807) is 0 Å². The molecule has 1 aromatic heterocycles. The van der Waals surface area contributed by atoms with Gasteiger partial charge in [-0.05, 0) is 4.92 Å². The molecule has 1 heterocycles. The van der Waals surface area contributed by atoms with Crippen molar-refractivity contribution in [3.63, 3.8) is 0 Å². The first kappa shape index (κ1) is 14.4. The number of halogens is 1. The van der Waals surface area contributed by atoms with Crippen LogP contribution < -0.4 is 0 Å². The van der Waals surface area contributed by atoms with E-state index in [0.717, 1.165) is 10.9 Å². The Morgan fingerprint density at radius 2 is 2.17 bits per heavy atom. The van der Waals surface area contributed by atoms with Gasteiger partial charge in [-0.15, -0.1) is 0 Å². The van der Waals surface area contributed by atoms with Crippen LogP contribution in [0.5, 0.6) is 0 Å². The van der Waals surface area contributed by atoms with Crippen molar-refractivity contribution in [2.75, 3.05) is 14.1 Å². The maximum Gasteiger partial charge on any atom is 0.410 e. The van der Waals surface area contributed by atoms with Crippen LogP contribution in [0.2, 0.25) is 0 Å². The monoisotopic (exact) mass is 296 g/mol. The highest BCUT2D eigenvalue weighted by molar-refractivity contribution is 8.13. The van der Waals surface area contributed by atoms with E-state index in [9.17, 15) is 23.3 Å². The van der Waals surface area contributed by atoms with Gasteiger partial charge in [-0.25, -0.2) is 8.42 Å². The number of nitrogens with zero attached hydrogens (tertiary/aromatic N) is 4. The fraction of sp³-hybridized carbons (Fsp3) is 0.429. The fourth-order valence-electron chi connectivity index (χ4n) is 1.05. The number of hydrogen-bond donors (Lipinski definition) is 0. The molecule has 0 aliphatic heterocycles. The van der Waals surface area contributed by atoms with Gasteiger partial charge in [-0.1, -0.05) is 0 Å². The summed E-state index contributed by atoms with van der Waals surface area (Å²) in [5.41, 5.74) is 0. The Balaban J connectivity index is 3.20. The molecular formula is C7H9ClN4O5S. The summed E-state index contributed by atoms with van der Waals surface area (Å²) in [5, 5.41) is 14.0. The molecule has 0 aliphatic rings. The van der Waals surface area contributed by atoms with Crippen molar-refractivity contribution in [3.05, 3.63) is 16.3 Å². The highest BCUT2D eigenvalue weighted by Gasteiger charge is 2.30. The Bertz CT molecular complexity index is 593. The number of hydrogen-bond acceptors (Lipinski definition) is 6. The van der Waals surface area contributed by atoms with E-state index in [2.05, 4.69) is 5.10 Å². The van der Waals surface area contributed by atoms with Crippen LogP contribution in [0, 0.1) is 10.1 Å². The molecular weight excluding hydrogens is 288 g/mol. The molecule has 0 aromatic carbocycles. The van der Waals surface area contributed by atoms with Crippen LogP contribution in [0.3, 0.4) is 0 Å². The average molecular weight is 297 g/mol. The van der Waals surface area contributed by atoms with E-state index >= 15 is 0 Å². The molecule has 1 rings (SSSR count). The molecule has 0 saturated carbocycles. The molecule has 0 aliphatic carbocycles. The highest BCUT2D eigenvalue weighted by atomic mass is 35.7. The van der Waals surface area contributed by atoms with Gasteiger partial charge in [0.2, 0.25) is 10.8 Å². The molecule has 18 heavy (non-hydrogen) atoms. The lowest BCUT2D eigenvalue weighted by molar-refractivity contribution is -0.392. The van der Waals surface area contributed by atoms with Crippen molar-refractivity contribution < 1.29 is 18.1 Å². The zero-order valence-corrected chi connectivity index (χ0v) is 11.0. The molecule has 11 heteroatoms. The maximum absolute atomic E-state index is 11.4. The van der Waals surface area contributed by atoms with E-state index in [4.69, 9.17) is 10.7 Å². The van der Waals surface area contributed by atoms with Crippen LogP contribution in [0.4, 0.5) is 5.82 Å². The summed E-state index contributed by atoms with van der Waals surface area (Å²) >= 11 is 0. The number of amides is 1. The van der Waals surface area contributed by atoms with Crippen LogP contribution >= 0.6 is 10.7 Å². The van der Waals surface area contributed by atoms with Crippen molar-refractivity contribution >= 4 is 31.5 Å². The minimum atomic E-state index is -4.29. The van der Waals surface area contributed by atoms with Crippen LogP contribution in [-0.4, -0.2) is 48.0 Å². The fourth-order valence-corrected chi connectivity index (χ4v) is 1.96. The van der Waals surface area contributed by atoms with Crippen LogP contribution in [0.1, 0.15) is 0 Å². The molecule has 0 atom stereocenters. The topological polar surface area (TPSA) is 115 Å². The summed E-state index contributed by atoms with van der Waals surface area (Å²) in [5.74, 6) is -1.30. The average Bonchev–Trinajstić information content (AvgIpc) is 2.60. The summed E-state index contributed by atoms with van der Waals surface area (Å²) < 4.78 is 23.1. The third kappa shape index (κ3) is 3.17. The van der Waals surface area contributed by atoms with Crippen LogP contribution in [0.15, 0.2) is 11.1 Å². The Morgan fingerprint density at radius 1 is 1.61 bits per heavy atom. The second-order valence-corrected chi connectivity index (χ2v) is 6.03. The zero-order chi connectivity index (χ0) is 14.1. The van der Waals surface area contributed by atoms with Crippen molar-refractivity contribution in [1.82, 2.24) is 14.7 Å². The first-order valence-electron chi connectivity index (χ1n) is 4.49. The predicted molar refractivity (Wildman–Crippen MR) is 60.6 cm³/mol. The van der Waals surface area contributed by atoms with Gasteiger partial charge in [0.05, 0.1) is 11.3 Å². The predicted octanol–water partition coefficient (Wildman–Crippen LogP) is -0.193. The number of aromatic nitrogens is 2. The normalized spacial score (nSPS) is 11.3.